The Morgan fingerprint density at radius 1 is 1.52 bits per heavy atom. The number of rotatable bonds is 6. The average Bonchev–Trinajstić information content (AvgIpc) is 2.37. The molecular formula is C12H16BrClN2O4S. The maximum absolute atomic E-state index is 11.8. The Morgan fingerprint density at radius 3 is 2.67 bits per heavy atom. The highest BCUT2D eigenvalue weighted by atomic mass is 79.9. The maximum Gasteiger partial charge on any atom is 0.260 e. The number of benzene rings is 1. The van der Waals surface area contributed by atoms with Crippen molar-refractivity contribution in [3.63, 3.8) is 0 Å². The molecule has 0 fully saturated rings. The summed E-state index contributed by atoms with van der Waals surface area (Å²) in [6, 6.07) is 2.73. The fraction of sp³-hybridized carbons (Fsp3) is 0.417. The van der Waals surface area contributed by atoms with Gasteiger partial charge in [-0.1, -0.05) is 34.5 Å². The van der Waals surface area contributed by atoms with Crippen molar-refractivity contribution in [2.75, 3.05) is 6.54 Å². The monoisotopic (exact) mass is 398 g/mol. The zero-order valence-electron chi connectivity index (χ0n) is 11.5. The van der Waals surface area contributed by atoms with Gasteiger partial charge in [0.05, 0.1) is 5.02 Å². The first-order chi connectivity index (χ1) is 9.66. The molecule has 9 heteroatoms. The summed E-state index contributed by atoms with van der Waals surface area (Å²) in [5.41, 5.74) is 0. The molecule has 0 aliphatic carbocycles. The molecule has 118 valence electrons. The van der Waals surface area contributed by atoms with Crippen LogP contribution in [0.5, 0.6) is 5.75 Å². The largest absolute Gasteiger partial charge is 0.478 e. The summed E-state index contributed by atoms with van der Waals surface area (Å²) in [6.07, 6.45) is -0.129. The van der Waals surface area contributed by atoms with E-state index in [2.05, 4.69) is 21.2 Å². The smallest absolute Gasteiger partial charge is 0.260 e. The molecule has 0 bridgehead atoms. The highest BCUT2D eigenvalue weighted by Gasteiger charge is 2.23. The van der Waals surface area contributed by atoms with Crippen LogP contribution in [0.2, 0.25) is 5.02 Å². The second-order valence-corrected chi connectivity index (χ2v) is 7.16. The lowest BCUT2D eigenvalue weighted by atomic mass is 10.3. The summed E-state index contributed by atoms with van der Waals surface area (Å²) in [7, 11) is -4.04. The van der Waals surface area contributed by atoms with E-state index in [-0.39, 0.29) is 21.6 Å². The quantitative estimate of drug-likeness (QED) is 0.764. The van der Waals surface area contributed by atoms with E-state index in [9.17, 15) is 13.2 Å². The third-order valence-corrected chi connectivity index (χ3v) is 4.15. The van der Waals surface area contributed by atoms with Crippen LogP contribution in [0, 0.1) is 0 Å². The van der Waals surface area contributed by atoms with Crippen molar-refractivity contribution < 1.29 is 17.9 Å². The standard InChI is InChI=1S/C12H16BrClN2O4S/c1-3-4-16-12(17)7(2)20-11-9(14)5-8(13)6-10(11)21(15,18)19/h5-7H,3-4H2,1-2H3,(H,16,17)(H2,15,18,19). The molecule has 0 aromatic heterocycles. The molecule has 0 heterocycles. The molecule has 0 aliphatic heterocycles. The molecule has 1 rings (SSSR count). The predicted octanol–water partition coefficient (Wildman–Crippen LogP) is 2.04. The summed E-state index contributed by atoms with van der Waals surface area (Å²) < 4.78 is 29.0. The van der Waals surface area contributed by atoms with Crippen LogP contribution in [0.3, 0.4) is 0 Å². The zero-order chi connectivity index (χ0) is 16.2. The number of hydrogen-bond acceptors (Lipinski definition) is 4. The van der Waals surface area contributed by atoms with Gasteiger partial charge >= 0.3 is 0 Å². The molecule has 1 aromatic rings. The first-order valence-corrected chi connectivity index (χ1v) is 8.84. The summed E-state index contributed by atoms with van der Waals surface area (Å²) in [5, 5.41) is 7.83. The molecule has 0 aliphatic rings. The number of hydrogen-bond donors (Lipinski definition) is 2. The summed E-state index contributed by atoms with van der Waals surface area (Å²) in [4.78, 5) is 11.5. The third-order valence-electron chi connectivity index (χ3n) is 2.49. The summed E-state index contributed by atoms with van der Waals surface area (Å²) in [6.45, 7) is 3.91. The molecule has 21 heavy (non-hydrogen) atoms. The molecule has 6 nitrogen and oxygen atoms in total. The van der Waals surface area contributed by atoms with Crippen LogP contribution in [-0.2, 0) is 14.8 Å². The van der Waals surface area contributed by atoms with Crippen molar-refractivity contribution in [1.82, 2.24) is 5.32 Å². The number of sulfonamides is 1. The zero-order valence-corrected chi connectivity index (χ0v) is 14.7. The first kappa shape index (κ1) is 18.2. The molecular weight excluding hydrogens is 384 g/mol. The Bertz CT molecular complexity index is 636. The second kappa shape index (κ2) is 7.44. The number of nitrogens with one attached hydrogen (secondary N) is 1. The Labute approximate surface area is 137 Å². The van der Waals surface area contributed by atoms with Gasteiger partial charge in [0.2, 0.25) is 10.0 Å². The van der Waals surface area contributed by atoms with Crippen molar-refractivity contribution in [3.8, 4) is 5.75 Å². The van der Waals surface area contributed by atoms with E-state index in [4.69, 9.17) is 21.5 Å². The Balaban J connectivity index is 3.11. The molecule has 1 unspecified atom stereocenters. The molecule has 0 saturated carbocycles. The highest BCUT2D eigenvalue weighted by Crippen LogP contribution is 2.35. The van der Waals surface area contributed by atoms with Crippen LogP contribution in [0.4, 0.5) is 0 Å². The van der Waals surface area contributed by atoms with E-state index >= 15 is 0 Å². The van der Waals surface area contributed by atoms with E-state index in [1.54, 1.807) is 0 Å². The SMILES string of the molecule is CCCNC(=O)C(C)Oc1c(Cl)cc(Br)cc1S(N)(=O)=O. The van der Waals surface area contributed by atoms with Gasteiger partial charge in [-0.15, -0.1) is 0 Å². The van der Waals surface area contributed by atoms with Crippen LogP contribution < -0.4 is 15.2 Å². The van der Waals surface area contributed by atoms with Crippen LogP contribution in [0.15, 0.2) is 21.5 Å². The molecule has 0 spiro atoms. The minimum atomic E-state index is -4.04. The van der Waals surface area contributed by atoms with Gasteiger partial charge in [-0.2, -0.15) is 0 Å². The lowest BCUT2D eigenvalue weighted by Crippen LogP contribution is -2.37. The van der Waals surface area contributed by atoms with Gasteiger partial charge < -0.3 is 10.1 Å². The Hall–Kier alpha value is -0.830. The number of primary sulfonamides is 1. The van der Waals surface area contributed by atoms with Gasteiger partial charge in [-0.05, 0) is 25.5 Å². The molecule has 0 saturated heterocycles. The maximum atomic E-state index is 11.8. The summed E-state index contributed by atoms with van der Waals surface area (Å²) >= 11 is 9.12. The Morgan fingerprint density at radius 2 is 2.14 bits per heavy atom. The lowest BCUT2D eigenvalue weighted by Gasteiger charge is -2.17. The van der Waals surface area contributed by atoms with Crippen LogP contribution >= 0.6 is 27.5 Å². The molecule has 1 amide bonds. The normalized spacial score (nSPS) is 12.8. The van der Waals surface area contributed by atoms with Gasteiger partial charge in [0.1, 0.15) is 4.90 Å². The van der Waals surface area contributed by atoms with Crippen LogP contribution in [-0.4, -0.2) is 27.0 Å². The minimum absolute atomic E-state index is 0.0449. The van der Waals surface area contributed by atoms with Crippen molar-refractivity contribution >= 4 is 43.5 Å². The Kier molecular flexibility index (Phi) is 6.45. The molecule has 1 atom stereocenters. The van der Waals surface area contributed by atoms with Gasteiger partial charge in [0, 0.05) is 11.0 Å². The number of amides is 1. The fourth-order valence-electron chi connectivity index (χ4n) is 1.48. The number of carbonyl (C=O) groups is 1. The highest BCUT2D eigenvalue weighted by molar-refractivity contribution is 9.10. The van der Waals surface area contributed by atoms with Crippen molar-refractivity contribution in [3.05, 3.63) is 21.6 Å². The van der Waals surface area contributed by atoms with Crippen molar-refractivity contribution in [2.24, 2.45) is 5.14 Å². The first-order valence-electron chi connectivity index (χ1n) is 6.13. The van der Waals surface area contributed by atoms with Crippen LogP contribution in [0.1, 0.15) is 20.3 Å². The number of carbonyl (C=O) groups excluding carboxylic acids is 1. The average molecular weight is 400 g/mol. The summed E-state index contributed by atoms with van der Waals surface area (Å²) in [5.74, 6) is -0.502. The van der Waals surface area contributed by atoms with Crippen molar-refractivity contribution in [2.45, 2.75) is 31.3 Å². The lowest BCUT2D eigenvalue weighted by molar-refractivity contribution is -0.127. The van der Waals surface area contributed by atoms with Gasteiger partial charge in [0.25, 0.3) is 5.91 Å². The topological polar surface area (TPSA) is 98.5 Å². The van der Waals surface area contributed by atoms with E-state index in [0.717, 1.165) is 6.42 Å². The second-order valence-electron chi connectivity index (χ2n) is 4.31. The fourth-order valence-corrected chi connectivity index (χ4v) is 3.25. The predicted molar refractivity (Wildman–Crippen MR) is 83.9 cm³/mol. The number of halogens is 2. The van der Waals surface area contributed by atoms with E-state index in [0.29, 0.717) is 11.0 Å². The molecule has 3 N–H and O–H groups in total. The van der Waals surface area contributed by atoms with E-state index in [1.807, 2.05) is 6.92 Å². The number of ether oxygens (including phenoxy) is 1. The van der Waals surface area contributed by atoms with Gasteiger partial charge in [-0.25, -0.2) is 13.6 Å². The minimum Gasteiger partial charge on any atom is -0.478 e. The number of nitrogens with two attached hydrogens (primary N) is 1. The van der Waals surface area contributed by atoms with E-state index in [1.165, 1.54) is 19.1 Å². The van der Waals surface area contributed by atoms with Crippen LogP contribution in [0.25, 0.3) is 0 Å². The van der Waals surface area contributed by atoms with E-state index < -0.39 is 16.1 Å². The molecule has 1 aromatic carbocycles. The third kappa shape index (κ3) is 5.14. The van der Waals surface area contributed by atoms with Gasteiger partial charge in [0.15, 0.2) is 11.9 Å². The molecule has 0 radical (unpaired) electrons. The van der Waals surface area contributed by atoms with Crippen molar-refractivity contribution in [1.29, 1.82) is 0 Å². The van der Waals surface area contributed by atoms with Gasteiger partial charge in [-0.3, -0.25) is 4.79 Å².